The van der Waals surface area contributed by atoms with Crippen molar-refractivity contribution in [1.82, 2.24) is 19.9 Å². The highest BCUT2D eigenvalue weighted by molar-refractivity contribution is 6.88. The molecule has 0 radical (unpaired) electrons. The number of anilines is 3. The number of aromatic hydroxyl groups is 1. The minimum Gasteiger partial charge on any atom is -0.507 e. The van der Waals surface area contributed by atoms with Crippen LogP contribution in [0, 0.1) is 13.8 Å². The number of phenolic OH excluding ortho intramolecular Hbond substituents is 1. The number of hydrogen-bond donors (Lipinski definition) is 1. The Kier molecular flexibility index (Phi) is 6.94. The average Bonchev–Trinajstić information content (AvgIpc) is 3.41. The van der Waals surface area contributed by atoms with Gasteiger partial charge in [-0.25, -0.2) is 15.0 Å². The molecule has 0 saturated heterocycles. The summed E-state index contributed by atoms with van der Waals surface area (Å²) in [7, 11) is -1.87. The van der Waals surface area contributed by atoms with E-state index in [0.29, 0.717) is 28.2 Å². The fourth-order valence-corrected chi connectivity index (χ4v) is 6.94. The Hall–Kier alpha value is -5.34. The molecular weight excluding hydrogens is 575 g/mol. The second-order valence-corrected chi connectivity index (χ2v) is 17.4. The van der Waals surface area contributed by atoms with E-state index in [0.717, 1.165) is 45.0 Å². The summed E-state index contributed by atoms with van der Waals surface area (Å²) < 4.78 is 6.48. The van der Waals surface area contributed by atoms with Crippen LogP contribution in [0.15, 0.2) is 108 Å². The lowest BCUT2D eigenvalue weighted by molar-refractivity contribution is 0.477. The van der Waals surface area contributed by atoms with Crippen molar-refractivity contribution in [2.45, 2.75) is 33.5 Å². The van der Waals surface area contributed by atoms with E-state index in [1.807, 2.05) is 80.0 Å². The molecule has 0 bridgehead atoms. The van der Waals surface area contributed by atoms with Crippen molar-refractivity contribution < 1.29 is 9.52 Å². The molecule has 7 nitrogen and oxygen atoms in total. The molecule has 0 spiro atoms. The van der Waals surface area contributed by atoms with Crippen LogP contribution in [0.5, 0.6) is 5.75 Å². The van der Waals surface area contributed by atoms with Crippen LogP contribution in [0.25, 0.3) is 44.7 Å². The van der Waals surface area contributed by atoms with Crippen LogP contribution >= 0.6 is 0 Å². The fraction of sp³-hybridized carbons (Fsp3) is 0.135. The molecule has 7 aromatic rings. The molecule has 0 aliphatic rings. The van der Waals surface area contributed by atoms with Crippen molar-refractivity contribution in [2.24, 2.45) is 0 Å². The molecule has 0 aliphatic heterocycles. The lowest BCUT2D eigenvalue weighted by Gasteiger charge is -2.29. The smallest absolute Gasteiger partial charge is 0.180 e. The summed E-state index contributed by atoms with van der Waals surface area (Å²) in [6.45, 7) is 11.1. The predicted octanol–water partition coefficient (Wildman–Crippen LogP) is 8.84. The van der Waals surface area contributed by atoms with Gasteiger partial charge in [0.1, 0.15) is 28.4 Å². The zero-order valence-electron chi connectivity index (χ0n) is 25.9. The standard InChI is InChI=1S/C37H33N5O2Si/c1-23-17-19-38-24(2)35(23)42(32-16-10-11-18-39-32)26-20-25(21-27(22-26)45(3,4)5)33-36-34(29-13-7-9-15-31(29)44-36)41-37(40-33)28-12-6-8-14-30(28)43/h6-22,43H,1-5H3. The summed E-state index contributed by atoms with van der Waals surface area (Å²) in [4.78, 5) is 21.7. The zero-order chi connectivity index (χ0) is 31.3. The maximum Gasteiger partial charge on any atom is 0.180 e. The molecule has 0 amide bonds. The lowest BCUT2D eigenvalue weighted by Crippen LogP contribution is -2.38. The summed E-state index contributed by atoms with van der Waals surface area (Å²) in [5.74, 6) is 1.35. The van der Waals surface area contributed by atoms with E-state index >= 15 is 0 Å². The van der Waals surface area contributed by atoms with E-state index in [4.69, 9.17) is 19.4 Å². The second kappa shape index (κ2) is 11.0. The molecule has 0 fully saturated rings. The van der Waals surface area contributed by atoms with E-state index in [9.17, 15) is 5.11 Å². The number of aryl methyl sites for hydroxylation is 2. The van der Waals surface area contributed by atoms with Gasteiger partial charge < -0.3 is 9.52 Å². The first kappa shape index (κ1) is 28.4. The van der Waals surface area contributed by atoms with E-state index in [1.54, 1.807) is 12.1 Å². The number of furan rings is 1. The van der Waals surface area contributed by atoms with Gasteiger partial charge in [-0.2, -0.15) is 0 Å². The molecule has 0 unspecified atom stereocenters. The van der Waals surface area contributed by atoms with Crippen molar-refractivity contribution >= 4 is 52.5 Å². The SMILES string of the molecule is Cc1ccnc(C)c1N(c1cc(-c2nc(-c3ccccc3O)nc3c2oc2ccccc23)cc([Si](C)(C)C)c1)c1ccccn1. The largest absolute Gasteiger partial charge is 0.507 e. The van der Waals surface area contributed by atoms with Crippen molar-refractivity contribution in [3.63, 3.8) is 0 Å². The van der Waals surface area contributed by atoms with E-state index in [2.05, 4.69) is 54.6 Å². The van der Waals surface area contributed by atoms with Gasteiger partial charge in [-0.1, -0.05) is 61.2 Å². The highest BCUT2D eigenvalue weighted by atomic mass is 28.3. The number of rotatable bonds is 6. The van der Waals surface area contributed by atoms with E-state index in [1.165, 1.54) is 5.19 Å². The zero-order valence-corrected chi connectivity index (χ0v) is 26.9. The molecule has 7 rings (SSSR count). The summed E-state index contributed by atoms with van der Waals surface area (Å²) in [5.41, 5.74) is 8.10. The van der Waals surface area contributed by atoms with Crippen LogP contribution in [-0.4, -0.2) is 33.1 Å². The molecule has 222 valence electrons. The summed E-state index contributed by atoms with van der Waals surface area (Å²) >= 11 is 0. The lowest BCUT2D eigenvalue weighted by atomic mass is 10.1. The Bertz CT molecular complexity index is 2190. The first-order valence-electron chi connectivity index (χ1n) is 15.0. The number of aromatic nitrogens is 4. The normalized spacial score (nSPS) is 11.8. The summed E-state index contributed by atoms with van der Waals surface area (Å²) in [6, 6.07) is 29.7. The van der Waals surface area contributed by atoms with Gasteiger partial charge in [-0.3, -0.25) is 9.88 Å². The second-order valence-electron chi connectivity index (χ2n) is 12.3. The van der Waals surface area contributed by atoms with E-state index in [-0.39, 0.29) is 5.75 Å². The highest BCUT2D eigenvalue weighted by Gasteiger charge is 2.26. The van der Waals surface area contributed by atoms with E-state index < -0.39 is 8.07 Å². The van der Waals surface area contributed by atoms with Gasteiger partial charge in [0, 0.05) is 29.0 Å². The average molecular weight is 608 g/mol. The number of nitrogens with zero attached hydrogens (tertiary/aromatic N) is 5. The van der Waals surface area contributed by atoms with Crippen LogP contribution in [-0.2, 0) is 0 Å². The predicted molar refractivity (Wildman–Crippen MR) is 185 cm³/mol. The minimum absolute atomic E-state index is 0.121. The van der Waals surface area contributed by atoms with Crippen LogP contribution in [0.2, 0.25) is 19.6 Å². The van der Waals surface area contributed by atoms with Crippen molar-refractivity contribution in [3.05, 3.63) is 115 Å². The summed E-state index contributed by atoms with van der Waals surface area (Å²) in [6.07, 6.45) is 3.65. The Morgan fingerprint density at radius 1 is 0.778 bits per heavy atom. The summed E-state index contributed by atoms with van der Waals surface area (Å²) in [5, 5.41) is 13.0. The third-order valence-electron chi connectivity index (χ3n) is 8.09. The first-order chi connectivity index (χ1) is 21.7. The Labute approximate surface area is 262 Å². The molecule has 0 saturated carbocycles. The maximum atomic E-state index is 10.8. The molecule has 0 atom stereocenters. The van der Waals surface area contributed by atoms with Crippen LogP contribution < -0.4 is 10.1 Å². The van der Waals surface area contributed by atoms with Gasteiger partial charge in [-0.05, 0) is 74.0 Å². The molecular formula is C37H33N5O2Si. The highest BCUT2D eigenvalue weighted by Crippen LogP contribution is 2.41. The Balaban J connectivity index is 1.57. The molecule has 4 aromatic heterocycles. The fourth-order valence-electron chi connectivity index (χ4n) is 5.77. The van der Waals surface area contributed by atoms with Gasteiger partial charge in [0.2, 0.25) is 0 Å². The van der Waals surface area contributed by atoms with Crippen molar-refractivity contribution in [2.75, 3.05) is 4.90 Å². The number of hydrogen-bond acceptors (Lipinski definition) is 7. The number of benzene rings is 3. The molecule has 8 heteroatoms. The van der Waals surface area contributed by atoms with Crippen molar-refractivity contribution in [1.29, 1.82) is 0 Å². The Morgan fingerprint density at radius 3 is 2.31 bits per heavy atom. The number of pyridine rings is 2. The van der Waals surface area contributed by atoms with Crippen LogP contribution in [0.4, 0.5) is 17.2 Å². The first-order valence-corrected chi connectivity index (χ1v) is 18.5. The molecule has 1 N–H and O–H groups in total. The van der Waals surface area contributed by atoms with Gasteiger partial charge in [0.25, 0.3) is 0 Å². The van der Waals surface area contributed by atoms with Gasteiger partial charge in [0.15, 0.2) is 11.4 Å². The third-order valence-corrected chi connectivity index (χ3v) is 10.1. The third kappa shape index (κ3) is 5.13. The number of fused-ring (bicyclic) bond motifs is 3. The van der Waals surface area contributed by atoms with Crippen LogP contribution in [0.1, 0.15) is 11.3 Å². The number of phenols is 1. The maximum absolute atomic E-state index is 10.8. The molecule has 3 aromatic carbocycles. The minimum atomic E-state index is -1.87. The topological polar surface area (TPSA) is 88.2 Å². The quantitative estimate of drug-likeness (QED) is 0.189. The van der Waals surface area contributed by atoms with Gasteiger partial charge in [0.05, 0.1) is 25.0 Å². The monoisotopic (exact) mass is 607 g/mol. The van der Waals surface area contributed by atoms with Gasteiger partial charge >= 0.3 is 0 Å². The van der Waals surface area contributed by atoms with Crippen LogP contribution in [0.3, 0.4) is 0 Å². The molecule has 45 heavy (non-hydrogen) atoms. The van der Waals surface area contributed by atoms with Gasteiger partial charge in [-0.15, -0.1) is 0 Å². The molecule has 0 aliphatic carbocycles. The number of para-hydroxylation sites is 2. The Morgan fingerprint density at radius 2 is 1.56 bits per heavy atom. The van der Waals surface area contributed by atoms with Crippen molar-refractivity contribution in [3.8, 4) is 28.4 Å². The molecule has 4 heterocycles.